The van der Waals surface area contributed by atoms with E-state index in [0.717, 1.165) is 30.4 Å². The zero-order chi connectivity index (χ0) is 11.9. The van der Waals surface area contributed by atoms with Crippen molar-refractivity contribution in [3.8, 4) is 5.69 Å². The van der Waals surface area contributed by atoms with Gasteiger partial charge in [-0.3, -0.25) is 4.57 Å². The van der Waals surface area contributed by atoms with E-state index >= 15 is 0 Å². The first-order chi connectivity index (χ1) is 8.92. The highest BCUT2D eigenvalue weighted by molar-refractivity contribution is 5.46. The third-order valence-corrected chi connectivity index (χ3v) is 3.27. The minimum Gasteiger partial charge on any atom is -0.342 e. The molecule has 18 heavy (non-hydrogen) atoms. The highest BCUT2D eigenvalue weighted by Crippen LogP contribution is 2.21. The summed E-state index contributed by atoms with van der Waals surface area (Å²) < 4.78 is 3.82. The summed E-state index contributed by atoms with van der Waals surface area (Å²) in [6.07, 6.45) is 10.6. The molecule has 0 saturated carbocycles. The normalized spacial score (nSPS) is 15.0. The Balaban J connectivity index is 1.83. The Bertz CT molecular complexity index is 693. The molecule has 1 aliphatic rings. The topological polar surface area (TPSA) is 51.3 Å². The Morgan fingerprint density at radius 2 is 2.06 bits per heavy atom. The van der Waals surface area contributed by atoms with Crippen LogP contribution in [-0.2, 0) is 0 Å². The van der Waals surface area contributed by atoms with Crippen molar-refractivity contribution >= 4 is 11.6 Å². The predicted molar refractivity (Wildman–Crippen MR) is 66.9 cm³/mol. The van der Waals surface area contributed by atoms with Crippen molar-refractivity contribution in [1.82, 2.24) is 24.1 Å². The van der Waals surface area contributed by atoms with Crippen LogP contribution in [0.1, 0.15) is 6.42 Å². The number of imidazole rings is 1. The largest absolute Gasteiger partial charge is 0.342 e. The van der Waals surface area contributed by atoms with Gasteiger partial charge in [-0.1, -0.05) is 0 Å². The van der Waals surface area contributed by atoms with Crippen molar-refractivity contribution in [3.05, 3.63) is 37.1 Å². The standard InChI is InChI=1S/C12H12N6/c1-5-16(6-1)12-13-4-7-17(12)10-8-14-11-2-3-15-18(11)9-10/h2-4,7-9H,1,5-6H2. The number of aromatic nitrogens is 5. The molecule has 6 nitrogen and oxygen atoms in total. The van der Waals surface area contributed by atoms with E-state index in [9.17, 15) is 0 Å². The molecule has 90 valence electrons. The fourth-order valence-electron chi connectivity index (χ4n) is 2.17. The van der Waals surface area contributed by atoms with Crippen molar-refractivity contribution in [2.75, 3.05) is 18.0 Å². The molecule has 6 heteroatoms. The molecule has 0 radical (unpaired) electrons. The van der Waals surface area contributed by atoms with E-state index < -0.39 is 0 Å². The molecule has 0 aromatic carbocycles. The van der Waals surface area contributed by atoms with Gasteiger partial charge in [0.2, 0.25) is 5.95 Å². The Hall–Kier alpha value is -2.37. The van der Waals surface area contributed by atoms with E-state index in [2.05, 4.69) is 20.0 Å². The zero-order valence-electron chi connectivity index (χ0n) is 9.77. The molecule has 0 amide bonds. The van der Waals surface area contributed by atoms with Gasteiger partial charge in [-0.05, 0) is 6.42 Å². The van der Waals surface area contributed by atoms with Gasteiger partial charge in [-0.2, -0.15) is 5.10 Å². The second-order valence-electron chi connectivity index (χ2n) is 4.38. The van der Waals surface area contributed by atoms with Crippen LogP contribution in [0.2, 0.25) is 0 Å². The lowest BCUT2D eigenvalue weighted by molar-refractivity contribution is 0.596. The van der Waals surface area contributed by atoms with Crippen molar-refractivity contribution in [2.24, 2.45) is 0 Å². The van der Waals surface area contributed by atoms with Gasteiger partial charge in [0.15, 0.2) is 5.65 Å². The fourth-order valence-corrected chi connectivity index (χ4v) is 2.17. The van der Waals surface area contributed by atoms with Gasteiger partial charge in [0.1, 0.15) is 0 Å². The lowest BCUT2D eigenvalue weighted by atomic mass is 10.2. The molecule has 0 aliphatic carbocycles. The SMILES string of the molecule is c1cn(-c2cnc3ccnn3c2)c(N2CCC2)n1. The Kier molecular flexibility index (Phi) is 1.91. The average molecular weight is 240 g/mol. The van der Waals surface area contributed by atoms with Crippen LogP contribution in [0.15, 0.2) is 37.1 Å². The number of hydrogen-bond acceptors (Lipinski definition) is 4. The molecule has 0 atom stereocenters. The molecular formula is C12H12N6. The highest BCUT2D eigenvalue weighted by Gasteiger charge is 2.19. The maximum absolute atomic E-state index is 4.41. The summed E-state index contributed by atoms with van der Waals surface area (Å²) in [5.74, 6) is 0.981. The molecule has 3 aromatic heterocycles. The van der Waals surface area contributed by atoms with Gasteiger partial charge >= 0.3 is 0 Å². The van der Waals surface area contributed by atoms with Crippen molar-refractivity contribution in [2.45, 2.75) is 6.42 Å². The second kappa shape index (κ2) is 3.56. The maximum atomic E-state index is 4.41. The number of anilines is 1. The van der Waals surface area contributed by atoms with Crippen molar-refractivity contribution in [1.29, 1.82) is 0 Å². The van der Waals surface area contributed by atoms with Crippen molar-refractivity contribution < 1.29 is 0 Å². The summed E-state index contributed by atoms with van der Waals surface area (Å²) in [7, 11) is 0. The third-order valence-electron chi connectivity index (χ3n) is 3.27. The summed E-state index contributed by atoms with van der Waals surface area (Å²) in [6.45, 7) is 2.16. The number of fused-ring (bicyclic) bond motifs is 1. The predicted octanol–water partition coefficient (Wildman–Crippen LogP) is 1.13. The maximum Gasteiger partial charge on any atom is 0.210 e. The van der Waals surface area contributed by atoms with Gasteiger partial charge in [0.25, 0.3) is 0 Å². The summed E-state index contributed by atoms with van der Waals surface area (Å²) in [4.78, 5) is 11.0. The van der Waals surface area contributed by atoms with Crippen LogP contribution in [0.4, 0.5) is 5.95 Å². The molecule has 1 saturated heterocycles. The van der Waals surface area contributed by atoms with Crippen LogP contribution in [0.25, 0.3) is 11.3 Å². The zero-order valence-corrected chi connectivity index (χ0v) is 9.77. The molecule has 0 N–H and O–H groups in total. The summed E-state index contributed by atoms with van der Waals surface area (Å²) in [5.41, 5.74) is 1.83. The highest BCUT2D eigenvalue weighted by atomic mass is 15.3. The lowest BCUT2D eigenvalue weighted by Gasteiger charge is -2.32. The quantitative estimate of drug-likeness (QED) is 0.673. The Labute approximate surface area is 104 Å². The minimum atomic E-state index is 0.851. The van der Waals surface area contributed by atoms with Gasteiger partial charge in [0, 0.05) is 31.5 Å². The van der Waals surface area contributed by atoms with E-state index in [1.165, 1.54) is 6.42 Å². The fraction of sp³-hybridized carbons (Fsp3) is 0.250. The first-order valence-electron chi connectivity index (χ1n) is 6.00. The van der Waals surface area contributed by atoms with Crippen LogP contribution in [-0.4, -0.2) is 37.2 Å². The molecule has 0 unspecified atom stereocenters. The van der Waals surface area contributed by atoms with E-state index in [4.69, 9.17) is 0 Å². The van der Waals surface area contributed by atoms with E-state index in [0.29, 0.717) is 0 Å². The van der Waals surface area contributed by atoms with Gasteiger partial charge in [-0.15, -0.1) is 0 Å². The van der Waals surface area contributed by atoms with Gasteiger partial charge in [-0.25, -0.2) is 14.5 Å². The average Bonchev–Trinajstić information content (AvgIpc) is 2.93. The van der Waals surface area contributed by atoms with Crippen LogP contribution in [0.5, 0.6) is 0 Å². The molecule has 0 bridgehead atoms. The molecule has 3 aromatic rings. The number of hydrogen-bond donors (Lipinski definition) is 0. The van der Waals surface area contributed by atoms with E-state index in [1.54, 1.807) is 10.7 Å². The molecule has 1 aliphatic heterocycles. The number of rotatable bonds is 2. The van der Waals surface area contributed by atoms with Gasteiger partial charge < -0.3 is 4.90 Å². The summed E-state index contributed by atoms with van der Waals surface area (Å²) in [5, 5.41) is 4.20. The summed E-state index contributed by atoms with van der Waals surface area (Å²) in [6, 6.07) is 1.88. The Morgan fingerprint density at radius 1 is 1.11 bits per heavy atom. The molecule has 0 spiro atoms. The van der Waals surface area contributed by atoms with E-state index in [-0.39, 0.29) is 0 Å². The minimum absolute atomic E-state index is 0.851. The molecular weight excluding hydrogens is 228 g/mol. The summed E-state index contributed by atoms with van der Waals surface area (Å²) >= 11 is 0. The molecule has 4 rings (SSSR count). The van der Waals surface area contributed by atoms with Crippen molar-refractivity contribution in [3.63, 3.8) is 0 Å². The number of nitrogens with zero attached hydrogens (tertiary/aromatic N) is 6. The molecule has 4 heterocycles. The monoisotopic (exact) mass is 240 g/mol. The first kappa shape index (κ1) is 9.64. The van der Waals surface area contributed by atoms with E-state index in [1.807, 2.05) is 35.4 Å². The van der Waals surface area contributed by atoms with Crippen LogP contribution in [0.3, 0.4) is 0 Å². The van der Waals surface area contributed by atoms with Crippen LogP contribution < -0.4 is 4.90 Å². The smallest absolute Gasteiger partial charge is 0.210 e. The second-order valence-corrected chi connectivity index (χ2v) is 4.38. The van der Waals surface area contributed by atoms with Crippen LogP contribution >= 0.6 is 0 Å². The van der Waals surface area contributed by atoms with Crippen LogP contribution in [0, 0.1) is 0 Å². The first-order valence-corrected chi connectivity index (χ1v) is 6.00. The molecule has 1 fully saturated rings. The Morgan fingerprint density at radius 3 is 2.89 bits per heavy atom. The van der Waals surface area contributed by atoms with Gasteiger partial charge in [0.05, 0.1) is 24.3 Å². The lowest BCUT2D eigenvalue weighted by Crippen LogP contribution is -2.38. The third kappa shape index (κ3) is 1.32.